The number of hydrogen-bond acceptors (Lipinski definition) is 1. The van der Waals surface area contributed by atoms with Crippen LogP contribution in [0.5, 0.6) is 0 Å². The zero-order chi connectivity index (χ0) is 11.4. The van der Waals surface area contributed by atoms with Gasteiger partial charge < -0.3 is 5.32 Å². The molecule has 1 aliphatic carbocycles. The van der Waals surface area contributed by atoms with E-state index in [2.05, 4.69) is 49.5 Å². The van der Waals surface area contributed by atoms with Gasteiger partial charge in [-0.25, -0.2) is 0 Å². The summed E-state index contributed by atoms with van der Waals surface area (Å²) < 4.78 is 0. The Morgan fingerprint density at radius 3 is 2.50 bits per heavy atom. The van der Waals surface area contributed by atoms with Gasteiger partial charge in [-0.2, -0.15) is 0 Å². The summed E-state index contributed by atoms with van der Waals surface area (Å²) in [7, 11) is 0. The summed E-state index contributed by atoms with van der Waals surface area (Å²) in [5.74, 6) is 0.950. The normalized spacial score (nSPS) is 19.4. The van der Waals surface area contributed by atoms with Gasteiger partial charge in [0, 0.05) is 12.1 Å². The molecule has 0 bridgehead atoms. The molecule has 0 amide bonds. The van der Waals surface area contributed by atoms with Gasteiger partial charge in [-0.3, -0.25) is 0 Å². The summed E-state index contributed by atoms with van der Waals surface area (Å²) in [6.45, 7) is 4.56. The third-order valence-electron chi connectivity index (χ3n) is 3.55. The minimum Gasteiger partial charge on any atom is -0.307 e. The van der Waals surface area contributed by atoms with Crippen LogP contribution in [0.25, 0.3) is 0 Å². The summed E-state index contributed by atoms with van der Waals surface area (Å²) in [6, 6.07) is 12.0. The van der Waals surface area contributed by atoms with E-state index in [1.807, 2.05) is 0 Å². The van der Waals surface area contributed by atoms with Crippen molar-refractivity contribution in [3.05, 3.63) is 35.9 Å². The molecule has 1 aromatic rings. The van der Waals surface area contributed by atoms with E-state index in [9.17, 15) is 0 Å². The van der Waals surface area contributed by atoms with E-state index >= 15 is 0 Å². The predicted octanol–water partition coefficient (Wildman–Crippen LogP) is 3.92. The maximum Gasteiger partial charge on any atom is 0.0294 e. The molecule has 1 heteroatoms. The first-order chi connectivity index (χ1) is 7.81. The fourth-order valence-corrected chi connectivity index (χ4v) is 2.42. The molecule has 88 valence electrons. The average Bonchev–Trinajstić information content (AvgIpc) is 3.13. The summed E-state index contributed by atoms with van der Waals surface area (Å²) in [4.78, 5) is 0. The molecule has 1 aliphatic rings. The van der Waals surface area contributed by atoms with E-state index in [0.29, 0.717) is 6.04 Å². The zero-order valence-corrected chi connectivity index (χ0v) is 10.4. The van der Waals surface area contributed by atoms with Crippen LogP contribution in [0.3, 0.4) is 0 Å². The lowest BCUT2D eigenvalue weighted by atomic mass is 10.0. The molecule has 2 rings (SSSR count). The highest BCUT2D eigenvalue weighted by atomic mass is 15.0. The second kappa shape index (κ2) is 5.49. The summed E-state index contributed by atoms with van der Waals surface area (Å²) in [5.41, 5.74) is 1.41. The number of benzene rings is 1. The SMILES string of the molecule is CCCC(NC(C)c1ccccc1)C1CC1. The summed E-state index contributed by atoms with van der Waals surface area (Å²) >= 11 is 0. The Hall–Kier alpha value is -0.820. The van der Waals surface area contributed by atoms with Gasteiger partial charge >= 0.3 is 0 Å². The molecule has 2 atom stereocenters. The van der Waals surface area contributed by atoms with Crippen molar-refractivity contribution in [2.24, 2.45) is 5.92 Å². The second-order valence-corrected chi connectivity index (χ2v) is 5.03. The molecule has 0 spiro atoms. The first-order valence-electron chi connectivity index (χ1n) is 6.62. The van der Waals surface area contributed by atoms with Crippen molar-refractivity contribution >= 4 is 0 Å². The smallest absolute Gasteiger partial charge is 0.0294 e. The van der Waals surface area contributed by atoms with Crippen LogP contribution in [-0.2, 0) is 0 Å². The Kier molecular flexibility index (Phi) is 4.00. The van der Waals surface area contributed by atoms with Gasteiger partial charge in [0.15, 0.2) is 0 Å². The monoisotopic (exact) mass is 217 g/mol. The fraction of sp³-hybridized carbons (Fsp3) is 0.600. The van der Waals surface area contributed by atoms with Gasteiger partial charge in [-0.1, -0.05) is 43.7 Å². The standard InChI is InChI=1S/C15H23N/c1-3-7-15(14-10-11-14)16-12(2)13-8-5-4-6-9-13/h4-6,8-9,12,14-16H,3,7,10-11H2,1-2H3. The Morgan fingerprint density at radius 1 is 1.25 bits per heavy atom. The second-order valence-electron chi connectivity index (χ2n) is 5.03. The topological polar surface area (TPSA) is 12.0 Å². The van der Waals surface area contributed by atoms with Crippen LogP contribution in [0.1, 0.15) is 51.1 Å². The Balaban J connectivity index is 1.92. The van der Waals surface area contributed by atoms with E-state index in [4.69, 9.17) is 0 Å². The van der Waals surface area contributed by atoms with Gasteiger partial charge in [-0.15, -0.1) is 0 Å². The first kappa shape index (κ1) is 11.7. The van der Waals surface area contributed by atoms with Crippen molar-refractivity contribution in [1.82, 2.24) is 5.32 Å². The van der Waals surface area contributed by atoms with E-state index in [1.165, 1.54) is 31.2 Å². The maximum absolute atomic E-state index is 3.80. The van der Waals surface area contributed by atoms with Crippen molar-refractivity contribution in [2.75, 3.05) is 0 Å². The van der Waals surface area contributed by atoms with Crippen molar-refractivity contribution in [1.29, 1.82) is 0 Å². The highest BCUT2D eigenvalue weighted by molar-refractivity contribution is 5.18. The molecule has 0 heterocycles. The van der Waals surface area contributed by atoms with Crippen LogP contribution in [0.15, 0.2) is 30.3 Å². The number of hydrogen-bond donors (Lipinski definition) is 1. The quantitative estimate of drug-likeness (QED) is 0.761. The van der Waals surface area contributed by atoms with Gasteiger partial charge in [0.1, 0.15) is 0 Å². The molecule has 1 saturated carbocycles. The summed E-state index contributed by atoms with van der Waals surface area (Å²) in [5, 5.41) is 3.80. The Morgan fingerprint density at radius 2 is 1.94 bits per heavy atom. The molecule has 16 heavy (non-hydrogen) atoms. The third-order valence-corrected chi connectivity index (χ3v) is 3.55. The van der Waals surface area contributed by atoms with Gasteiger partial charge in [0.2, 0.25) is 0 Å². The van der Waals surface area contributed by atoms with E-state index in [1.54, 1.807) is 0 Å². The first-order valence-corrected chi connectivity index (χ1v) is 6.62. The van der Waals surface area contributed by atoms with Crippen LogP contribution in [0.2, 0.25) is 0 Å². The minimum absolute atomic E-state index is 0.485. The molecule has 1 fully saturated rings. The van der Waals surface area contributed by atoms with Crippen molar-refractivity contribution < 1.29 is 0 Å². The van der Waals surface area contributed by atoms with Crippen LogP contribution < -0.4 is 5.32 Å². The molecule has 1 aromatic carbocycles. The van der Waals surface area contributed by atoms with E-state index in [0.717, 1.165) is 12.0 Å². The molecule has 2 unspecified atom stereocenters. The molecule has 0 aliphatic heterocycles. The van der Waals surface area contributed by atoms with Crippen molar-refractivity contribution in [3.63, 3.8) is 0 Å². The van der Waals surface area contributed by atoms with Crippen molar-refractivity contribution in [2.45, 2.75) is 51.6 Å². The Labute approximate surface area is 99.3 Å². The van der Waals surface area contributed by atoms with Crippen LogP contribution in [0.4, 0.5) is 0 Å². The molecule has 0 radical (unpaired) electrons. The maximum atomic E-state index is 3.80. The molecular formula is C15H23N. The predicted molar refractivity (Wildman–Crippen MR) is 69.4 cm³/mol. The van der Waals surface area contributed by atoms with E-state index in [-0.39, 0.29) is 0 Å². The van der Waals surface area contributed by atoms with E-state index < -0.39 is 0 Å². The average molecular weight is 217 g/mol. The summed E-state index contributed by atoms with van der Waals surface area (Å²) in [6.07, 6.45) is 5.47. The third kappa shape index (κ3) is 3.08. The highest BCUT2D eigenvalue weighted by Gasteiger charge is 2.31. The van der Waals surface area contributed by atoms with Crippen LogP contribution >= 0.6 is 0 Å². The molecule has 0 saturated heterocycles. The lowest BCUT2D eigenvalue weighted by molar-refractivity contribution is 0.390. The minimum atomic E-state index is 0.485. The highest BCUT2D eigenvalue weighted by Crippen LogP contribution is 2.35. The zero-order valence-electron chi connectivity index (χ0n) is 10.4. The lowest BCUT2D eigenvalue weighted by Gasteiger charge is -2.23. The number of rotatable bonds is 6. The fourth-order valence-electron chi connectivity index (χ4n) is 2.42. The molecular weight excluding hydrogens is 194 g/mol. The van der Waals surface area contributed by atoms with Gasteiger partial charge in [-0.05, 0) is 37.7 Å². The van der Waals surface area contributed by atoms with Crippen molar-refractivity contribution in [3.8, 4) is 0 Å². The Bertz CT molecular complexity index is 302. The molecule has 1 N–H and O–H groups in total. The van der Waals surface area contributed by atoms with Crippen LogP contribution in [0, 0.1) is 5.92 Å². The lowest BCUT2D eigenvalue weighted by Crippen LogP contribution is -2.33. The van der Waals surface area contributed by atoms with Crippen LogP contribution in [-0.4, -0.2) is 6.04 Å². The number of nitrogens with one attached hydrogen (secondary N) is 1. The molecule has 1 nitrogen and oxygen atoms in total. The largest absolute Gasteiger partial charge is 0.307 e. The van der Waals surface area contributed by atoms with Gasteiger partial charge in [0.05, 0.1) is 0 Å². The molecule has 0 aromatic heterocycles. The van der Waals surface area contributed by atoms with Gasteiger partial charge in [0.25, 0.3) is 0 Å².